The van der Waals surface area contributed by atoms with E-state index in [4.69, 9.17) is 9.47 Å². The molecular formula is C18H26O3. The van der Waals surface area contributed by atoms with Crippen LogP contribution in [0.4, 0.5) is 0 Å². The summed E-state index contributed by atoms with van der Waals surface area (Å²) < 4.78 is 11.2. The molecule has 0 saturated carbocycles. The molecule has 0 amide bonds. The van der Waals surface area contributed by atoms with Crippen LogP contribution in [0.15, 0.2) is 30.4 Å². The molecule has 0 N–H and O–H groups in total. The first-order valence-electron chi connectivity index (χ1n) is 7.81. The summed E-state index contributed by atoms with van der Waals surface area (Å²) in [4.78, 5) is 10.8. The third-order valence-corrected chi connectivity index (χ3v) is 3.09. The molecule has 3 heteroatoms. The zero-order valence-electron chi connectivity index (χ0n) is 13.1. The van der Waals surface area contributed by atoms with Crippen molar-refractivity contribution in [3.8, 4) is 11.5 Å². The van der Waals surface area contributed by atoms with E-state index in [2.05, 4.69) is 19.1 Å². The fraction of sp³-hybridized carbons (Fsp3) is 0.500. The lowest BCUT2D eigenvalue weighted by Gasteiger charge is -2.11. The van der Waals surface area contributed by atoms with E-state index < -0.39 is 0 Å². The Kier molecular flexibility index (Phi) is 9.01. The number of hydrogen-bond donors (Lipinski definition) is 0. The van der Waals surface area contributed by atoms with Gasteiger partial charge in [-0.15, -0.1) is 0 Å². The van der Waals surface area contributed by atoms with Gasteiger partial charge in [0.2, 0.25) is 0 Å². The van der Waals surface area contributed by atoms with Crippen molar-refractivity contribution >= 4 is 6.29 Å². The molecule has 1 rings (SSSR count). The van der Waals surface area contributed by atoms with Gasteiger partial charge in [0.25, 0.3) is 0 Å². The van der Waals surface area contributed by atoms with Gasteiger partial charge >= 0.3 is 0 Å². The van der Waals surface area contributed by atoms with Gasteiger partial charge in [-0.25, -0.2) is 0 Å². The number of benzene rings is 1. The van der Waals surface area contributed by atoms with Gasteiger partial charge in [0.15, 0.2) is 11.5 Å². The Hall–Kier alpha value is -1.77. The molecule has 0 fully saturated rings. The highest BCUT2D eigenvalue weighted by molar-refractivity contribution is 5.76. The van der Waals surface area contributed by atoms with Crippen molar-refractivity contribution in [3.63, 3.8) is 0 Å². The number of rotatable bonds is 11. The summed E-state index contributed by atoms with van der Waals surface area (Å²) in [5.74, 6) is 1.33. The van der Waals surface area contributed by atoms with Crippen molar-refractivity contribution < 1.29 is 14.3 Å². The van der Waals surface area contributed by atoms with Crippen molar-refractivity contribution in [2.45, 2.75) is 46.0 Å². The van der Waals surface area contributed by atoms with Crippen LogP contribution < -0.4 is 9.47 Å². The van der Waals surface area contributed by atoms with E-state index in [9.17, 15) is 4.79 Å². The van der Waals surface area contributed by atoms with Gasteiger partial charge in [-0.05, 0) is 44.4 Å². The first kappa shape index (κ1) is 17.3. The summed E-state index contributed by atoms with van der Waals surface area (Å²) in [6.45, 7) is 5.29. The van der Waals surface area contributed by atoms with Gasteiger partial charge in [-0.1, -0.05) is 31.9 Å². The molecular weight excluding hydrogens is 264 g/mol. The lowest BCUT2D eigenvalue weighted by atomic mass is 10.2. The minimum Gasteiger partial charge on any atom is -0.490 e. The van der Waals surface area contributed by atoms with Crippen LogP contribution in [-0.2, 0) is 0 Å². The summed E-state index contributed by atoms with van der Waals surface area (Å²) in [6, 6.07) is 5.25. The molecule has 0 atom stereocenters. The van der Waals surface area contributed by atoms with Crippen LogP contribution in [-0.4, -0.2) is 19.5 Å². The predicted octanol–water partition coefficient (Wildman–Crippen LogP) is 4.80. The van der Waals surface area contributed by atoms with E-state index in [1.807, 2.05) is 6.92 Å². The Morgan fingerprint density at radius 2 is 1.81 bits per heavy atom. The van der Waals surface area contributed by atoms with Gasteiger partial charge in [-0.2, -0.15) is 0 Å². The fourth-order valence-corrected chi connectivity index (χ4v) is 1.97. The molecule has 1 aromatic carbocycles. The van der Waals surface area contributed by atoms with Crippen LogP contribution in [0.5, 0.6) is 11.5 Å². The molecule has 0 radical (unpaired) electrons. The van der Waals surface area contributed by atoms with E-state index in [-0.39, 0.29) is 0 Å². The highest BCUT2D eigenvalue weighted by atomic mass is 16.5. The van der Waals surface area contributed by atoms with Crippen LogP contribution >= 0.6 is 0 Å². The van der Waals surface area contributed by atoms with E-state index >= 15 is 0 Å². The fourth-order valence-electron chi connectivity index (χ4n) is 1.97. The number of ether oxygens (including phenoxy) is 2. The molecule has 0 aliphatic rings. The number of hydrogen-bond acceptors (Lipinski definition) is 3. The number of carbonyl (C=O) groups is 1. The maximum atomic E-state index is 10.8. The van der Waals surface area contributed by atoms with Crippen LogP contribution in [0, 0.1) is 0 Å². The molecule has 21 heavy (non-hydrogen) atoms. The van der Waals surface area contributed by atoms with Gasteiger partial charge in [0.1, 0.15) is 6.29 Å². The third-order valence-electron chi connectivity index (χ3n) is 3.09. The smallest absolute Gasteiger partial charge is 0.161 e. The quantitative estimate of drug-likeness (QED) is 0.333. The molecule has 0 aliphatic carbocycles. The molecule has 0 heterocycles. The van der Waals surface area contributed by atoms with Gasteiger partial charge in [0, 0.05) is 5.56 Å². The Morgan fingerprint density at radius 3 is 2.52 bits per heavy atom. The molecule has 3 nitrogen and oxygen atoms in total. The monoisotopic (exact) mass is 290 g/mol. The minimum absolute atomic E-state index is 0.552. The number of allylic oxidation sites excluding steroid dienone is 1. The molecule has 0 spiro atoms. The maximum Gasteiger partial charge on any atom is 0.161 e. The average Bonchev–Trinajstić information content (AvgIpc) is 2.51. The Bertz CT molecular complexity index is 438. The zero-order chi connectivity index (χ0) is 15.3. The zero-order valence-corrected chi connectivity index (χ0v) is 13.1. The highest BCUT2D eigenvalue weighted by Crippen LogP contribution is 2.28. The second-order valence-corrected chi connectivity index (χ2v) is 4.86. The standard InChI is InChI=1S/C18H26O3/c1-3-5-6-7-8-9-10-13-21-17-12-11-16(15-19)14-18(17)20-4-2/h8-9,11-12,14-15H,3-7,10,13H2,1-2H3/b9-8-. The predicted molar refractivity (Wildman–Crippen MR) is 86.4 cm³/mol. The van der Waals surface area contributed by atoms with Crippen molar-refractivity contribution in [2.24, 2.45) is 0 Å². The van der Waals surface area contributed by atoms with Crippen molar-refractivity contribution in [1.82, 2.24) is 0 Å². The van der Waals surface area contributed by atoms with E-state index in [0.29, 0.717) is 30.3 Å². The minimum atomic E-state index is 0.552. The Labute approximate surface area is 128 Å². The van der Waals surface area contributed by atoms with Gasteiger partial charge in [-0.3, -0.25) is 4.79 Å². The summed E-state index contributed by atoms with van der Waals surface area (Å²) >= 11 is 0. The number of carbonyl (C=O) groups excluding carboxylic acids is 1. The van der Waals surface area contributed by atoms with Crippen LogP contribution in [0.1, 0.15) is 56.3 Å². The Balaban J connectivity index is 2.38. The number of unbranched alkanes of at least 4 members (excludes halogenated alkanes) is 3. The van der Waals surface area contributed by atoms with Gasteiger partial charge in [0.05, 0.1) is 13.2 Å². The molecule has 0 unspecified atom stereocenters. The summed E-state index contributed by atoms with van der Waals surface area (Å²) in [5.41, 5.74) is 0.599. The molecule has 1 aromatic rings. The summed E-state index contributed by atoms with van der Waals surface area (Å²) in [5, 5.41) is 0. The lowest BCUT2D eigenvalue weighted by Crippen LogP contribution is -2.00. The lowest BCUT2D eigenvalue weighted by molar-refractivity contribution is 0.112. The average molecular weight is 290 g/mol. The van der Waals surface area contributed by atoms with E-state index in [1.54, 1.807) is 18.2 Å². The first-order chi connectivity index (χ1) is 10.3. The molecule has 0 aliphatic heterocycles. The Morgan fingerprint density at radius 1 is 1.00 bits per heavy atom. The first-order valence-corrected chi connectivity index (χ1v) is 7.81. The SMILES string of the molecule is CCCCC/C=C\CCOc1ccc(C=O)cc1OCC. The van der Waals surface area contributed by atoms with E-state index in [1.165, 1.54) is 19.3 Å². The molecule has 116 valence electrons. The second kappa shape index (κ2) is 11.0. The van der Waals surface area contributed by atoms with Crippen LogP contribution in [0.2, 0.25) is 0 Å². The summed E-state index contributed by atoms with van der Waals surface area (Å²) in [7, 11) is 0. The molecule has 0 bridgehead atoms. The van der Waals surface area contributed by atoms with Crippen molar-refractivity contribution in [1.29, 1.82) is 0 Å². The van der Waals surface area contributed by atoms with Crippen molar-refractivity contribution in [3.05, 3.63) is 35.9 Å². The topological polar surface area (TPSA) is 35.5 Å². The largest absolute Gasteiger partial charge is 0.490 e. The molecule has 0 aromatic heterocycles. The van der Waals surface area contributed by atoms with E-state index in [0.717, 1.165) is 19.1 Å². The molecule has 0 saturated heterocycles. The van der Waals surface area contributed by atoms with Gasteiger partial charge < -0.3 is 9.47 Å². The third kappa shape index (κ3) is 6.98. The normalized spacial score (nSPS) is 10.8. The number of aldehydes is 1. The highest BCUT2D eigenvalue weighted by Gasteiger charge is 2.05. The van der Waals surface area contributed by atoms with Crippen LogP contribution in [0.25, 0.3) is 0 Å². The van der Waals surface area contributed by atoms with Crippen LogP contribution in [0.3, 0.4) is 0 Å². The second-order valence-electron chi connectivity index (χ2n) is 4.86. The summed E-state index contributed by atoms with van der Waals surface area (Å²) in [6.07, 6.45) is 11.0. The maximum absolute atomic E-state index is 10.8. The van der Waals surface area contributed by atoms with Crippen molar-refractivity contribution in [2.75, 3.05) is 13.2 Å².